The third-order valence-corrected chi connectivity index (χ3v) is 10.5. The summed E-state index contributed by atoms with van der Waals surface area (Å²) in [5.74, 6) is -0.0910. The molecule has 52 heavy (non-hydrogen) atoms. The maximum atomic E-state index is 12.7. The maximum absolute atomic E-state index is 12.7. The smallest absolute Gasteiger partial charge is 0.255 e. The summed E-state index contributed by atoms with van der Waals surface area (Å²) < 4.78 is 3.91. The van der Waals surface area contributed by atoms with Gasteiger partial charge in [0.25, 0.3) is 11.8 Å². The fraction of sp³-hybridized carbons (Fsp3) is 0.200. The molecule has 0 aliphatic carbocycles. The van der Waals surface area contributed by atoms with Crippen LogP contribution in [0.5, 0.6) is 0 Å². The van der Waals surface area contributed by atoms with Crippen molar-refractivity contribution in [2.24, 2.45) is 11.5 Å². The number of carbonyl (C=O) groups excluding carboxylic acids is 2. The highest BCUT2D eigenvalue weighted by Crippen LogP contribution is 2.43. The van der Waals surface area contributed by atoms with Crippen LogP contribution in [0.4, 0.5) is 11.4 Å². The summed E-state index contributed by atoms with van der Waals surface area (Å²) in [4.78, 5) is 38.0. The van der Waals surface area contributed by atoms with Crippen molar-refractivity contribution in [1.29, 1.82) is 0 Å². The number of nitrogens with one attached hydrogen (secondary N) is 2. The molecule has 6 aromatic rings. The zero-order chi connectivity index (χ0) is 35.3. The molecule has 4 aliphatic rings. The number of para-hydroxylation sites is 2. The SMILES string of the molecule is N[C@@H]1CCN2c3c(cccc31)C(=O)N[C@H]2c1ccc(-n2ccnc2)cc1.N[C@H]1CCN2c3c(cccc31)C(=O)N[C@@H]2c1ccc(-n2ccnc2)cc1. The molecule has 0 bridgehead atoms. The van der Waals surface area contributed by atoms with E-state index in [1.54, 1.807) is 25.0 Å². The maximum Gasteiger partial charge on any atom is 0.255 e. The number of benzene rings is 4. The molecule has 6 N–H and O–H groups in total. The first-order valence-corrected chi connectivity index (χ1v) is 17.5. The van der Waals surface area contributed by atoms with Gasteiger partial charge in [-0.15, -0.1) is 0 Å². The molecule has 4 atom stereocenters. The van der Waals surface area contributed by atoms with E-state index in [4.69, 9.17) is 11.5 Å². The molecule has 4 aliphatic heterocycles. The van der Waals surface area contributed by atoms with Crippen molar-refractivity contribution in [3.8, 4) is 11.4 Å². The van der Waals surface area contributed by atoms with Gasteiger partial charge in [0.05, 0.1) is 35.2 Å². The highest BCUT2D eigenvalue weighted by atomic mass is 16.2. The molecular formula is C40H38N10O2. The van der Waals surface area contributed by atoms with Crippen LogP contribution < -0.4 is 31.9 Å². The Balaban J connectivity index is 0.000000138. The molecule has 0 saturated heterocycles. The largest absolute Gasteiger partial charge is 0.346 e. The van der Waals surface area contributed by atoms with Gasteiger partial charge in [0.2, 0.25) is 0 Å². The van der Waals surface area contributed by atoms with Crippen molar-refractivity contribution in [1.82, 2.24) is 29.7 Å². The summed E-state index contributed by atoms with van der Waals surface area (Å²) in [5.41, 5.74) is 22.3. The number of hydrogen-bond acceptors (Lipinski definition) is 8. The number of nitrogens with zero attached hydrogens (tertiary/aromatic N) is 6. The summed E-state index contributed by atoms with van der Waals surface area (Å²) in [6.07, 6.45) is 12.2. The van der Waals surface area contributed by atoms with Crippen LogP contribution in [-0.2, 0) is 0 Å². The molecule has 12 nitrogen and oxygen atoms in total. The van der Waals surface area contributed by atoms with Gasteiger partial charge in [0, 0.05) is 61.3 Å². The standard InChI is InChI=1S/2C20H19N5O/c2*21-17-8-10-25-18-15(17)2-1-3-16(18)20(26)23-19(25)13-4-6-14(7-5-13)24-11-9-22-12-24/h2*1-7,9,11-12,17,19H,8,10,21H2,(H,23,26)/t2*17-,19-/m10/s1. The van der Waals surface area contributed by atoms with E-state index in [0.717, 1.165) is 70.9 Å². The highest BCUT2D eigenvalue weighted by molar-refractivity contribution is 6.04. The number of rotatable bonds is 4. The second-order valence-corrected chi connectivity index (χ2v) is 13.5. The molecule has 0 radical (unpaired) electrons. The van der Waals surface area contributed by atoms with Crippen LogP contribution in [0.3, 0.4) is 0 Å². The predicted octanol–water partition coefficient (Wildman–Crippen LogP) is 5.05. The minimum Gasteiger partial charge on any atom is -0.346 e. The number of nitrogens with two attached hydrogens (primary N) is 2. The topological polar surface area (TPSA) is 152 Å². The Morgan fingerprint density at radius 3 is 1.38 bits per heavy atom. The van der Waals surface area contributed by atoms with E-state index in [0.29, 0.717) is 11.1 Å². The van der Waals surface area contributed by atoms with Crippen LogP contribution in [-0.4, -0.2) is 44.0 Å². The first-order chi connectivity index (χ1) is 25.4. The molecule has 2 amide bonds. The molecule has 0 saturated carbocycles. The van der Waals surface area contributed by atoms with Gasteiger partial charge in [-0.05, 0) is 71.5 Å². The molecule has 2 aromatic heterocycles. The van der Waals surface area contributed by atoms with Crippen molar-refractivity contribution in [3.63, 3.8) is 0 Å². The van der Waals surface area contributed by atoms with Gasteiger partial charge in [-0.1, -0.05) is 48.5 Å². The van der Waals surface area contributed by atoms with E-state index in [1.165, 1.54) is 0 Å². The molecule has 6 heterocycles. The van der Waals surface area contributed by atoms with Gasteiger partial charge in [-0.2, -0.15) is 0 Å². The Kier molecular flexibility index (Phi) is 7.82. The van der Waals surface area contributed by atoms with E-state index in [2.05, 4.69) is 54.7 Å². The van der Waals surface area contributed by atoms with Crippen LogP contribution in [0, 0.1) is 0 Å². The van der Waals surface area contributed by atoms with Crippen LogP contribution in [0.25, 0.3) is 11.4 Å². The third kappa shape index (κ3) is 5.40. The number of hydrogen-bond donors (Lipinski definition) is 4. The second-order valence-electron chi connectivity index (χ2n) is 13.5. The van der Waals surface area contributed by atoms with Crippen LogP contribution in [0.1, 0.15) is 80.2 Å². The molecule has 260 valence electrons. The summed E-state index contributed by atoms with van der Waals surface area (Å²) in [6.45, 7) is 1.64. The lowest BCUT2D eigenvalue weighted by atomic mass is 9.90. The van der Waals surface area contributed by atoms with Gasteiger partial charge >= 0.3 is 0 Å². The van der Waals surface area contributed by atoms with Gasteiger partial charge < -0.3 is 41.0 Å². The van der Waals surface area contributed by atoms with Gasteiger partial charge in [0.15, 0.2) is 0 Å². The highest BCUT2D eigenvalue weighted by Gasteiger charge is 2.38. The van der Waals surface area contributed by atoms with Crippen molar-refractivity contribution in [3.05, 3.63) is 156 Å². The monoisotopic (exact) mass is 690 g/mol. The van der Waals surface area contributed by atoms with Gasteiger partial charge in [-0.25, -0.2) is 9.97 Å². The van der Waals surface area contributed by atoms with E-state index in [-0.39, 0.29) is 36.2 Å². The Morgan fingerprint density at radius 1 is 0.577 bits per heavy atom. The zero-order valence-electron chi connectivity index (χ0n) is 28.3. The van der Waals surface area contributed by atoms with E-state index in [9.17, 15) is 9.59 Å². The fourth-order valence-electron chi connectivity index (χ4n) is 7.90. The number of amides is 2. The first kappa shape index (κ1) is 31.7. The van der Waals surface area contributed by atoms with Gasteiger partial charge in [0.1, 0.15) is 12.3 Å². The normalized spacial score (nSPS) is 21.3. The molecule has 10 rings (SSSR count). The summed E-state index contributed by atoms with van der Waals surface area (Å²) in [5, 5.41) is 6.29. The van der Waals surface area contributed by atoms with E-state index < -0.39 is 0 Å². The number of imidazole rings is 2. The van der Waals surface area contributed by atoms with Crippen LogP contribution >= 0.6 is 0 Å². The van der Waals surface area contributed by atoms with Crippen molar-refractivity contribution in [2.75, 3.05) is 22.9 Å². The average Bonchev–Trinajstić information content (AvgIpc) is 3.93. The van der Waals surface area contributed by atoms with Crippen molar-refractivity contribution < 1.29 is 9.59 Å². The first-order valence-electron chi connectivity index (χ1n) is 17.5. The van der Waals surface area contributed by atoms with Crippen molar-refractivity contribution >= 4 is 23.2 Å². The van der Waals surface area contributed by atoms with E-state index >= 15 is 0 Å². The molecule has 12 heteroatoms. The Bertz CT molecular complexity index is 2090. The lowest BCUT2D eigenvalue weighted by Crippen LogP contribution is -2.49. The molecule has 0 spiro atoms. The predicted molar refractivity (Wildman–Crippen MR) is 198 cm³/mol. The quantitative estimate of drug-likeness (QED) is 0.201. The lowest BCUT2D eigenvalue weighted by Gasteiger charge is -2.44. The summed E-state index contributed by atoms with van der Waals surface area (Å²) in [7, 11) is 0. The summed E-state index contributed by atoms with van der Waals surface area (Å²) in [6, 6.07) is 28.0. The minimum absolute atomic E-state index is 0.0173. The Labute approximate surface area is 300 Å². The Morgan fingerprint density at radius 2 is 1.00 bits per heavy atom. The molecule has 4 aromatic carbocycles. The lowest BCUT2D eigenvalue weighted by molar-refractivity contribution is 0.0916. The Hall–Kier alpha value is -6.24. The second kappa shape index (κ2) is 12.8. The number of carbonyl (C=O) groups is 2. The number of anilines is 2. The minimum atomic E-state index is -0.180. The summed E-state index contributed by atoms with van der Waals surface area (Å²) >= 11 is 0. The van der Waals surface area contributed by atoms with Crippen molar-refractivity contribution in [2.45, 2.75) is 37.3 Å². The molecular weight excluding hydrogens is 653 g/mol. The third-order valence-electron chi connectivity index (χ3n) is 10.5. The fourth-order valence-corrected chi connectivity index (χ4v) is 7.90. The molecule has 0 unspecified atom stereocenters. The van der Waals surface area contributed by atoms with Crippen LogP contribution in [0.15, 0.2) is 122 Å². The number of aromatic nitrogens is 4. The van der Waals surface area contributed by atoms with E-state index in [1.807, 2.05) is 82.2 Å². The molecule has 0 fully saturated rings. The van der Waals surface area contributed by atoms with Gasteiger partial charge in [-0.3, -0.25) is 9.59 Å². The average molecular weight is 691 g/mol. The van der Waals surface area contributed by atoms with Crippen LogP contribution in [0.2, 0.25) is 0 Å². The zero-order valence-corrected chi connectivity index (χ0v) is 28.3.